The van der Waals surface area contributed by atoms with Gasteiger partial charge in [0.1, 0.15) is 5.82 Å². The van der Waals surface area contributed by atoms with Crippen LogP contribution in [-0.4, -0.2) is 35.0 Å². The maximum Gasteiger partial charge on any atom is 0.337 e. The van der Waals surface area contributed by atoms with Gasteiger partial charge in [-0.25, -0.2) is 9.18 Å². The van der Waals surface area contributed by atoms with Crippen molar-refractivity contribution in [3.05, 3.63) is 29.6 Å². The fraction of sp³-hybridized carbons (Fsp3) is 0.333. The second-order valence-corrected chi connectivity index (χ2v) is 4.86. The number of carbonyl (C=O) groups excluding carboxylic acids is 1. The number of thioether (sulfide) groups is 1. The van der Waals surface area contributed by atoms with Crippen molar-refractivity contribution >= 4 is 29.3 Å². The van der Waals surface area contributed by atoms with Crippen LogP contribution >= 0.6 is 11.8 Å². The first-order valence-corrected chi connectivity index (χ1v) is 6.93. The molecular weight excluding hydrogens is 271 g/mol. The Morgan fingerprint density at radius 2 is 2.21 bits per heavy atom. The molecule has 1 atom stereocenters. The molecule has 0 aromatic heterocycles. The molecule has 0 bridgehead atoms. The number of amides is 1. The molecule has 0 fully saturated rings. The van der Waals surface area contributed by atoms with Crippen LogP contribution in [0.1, 0.15) is 16.8 Å². The van der Waals surface area contributed by atoms with Crippen molar-refractivity contribution in [3.63, 3.8) is 0 Å². The van der Waals surface area contributed by atoms with Crippen LogP contribution in [0.4, 0.5) is 10.1 Å². The summed E-state index contributed by atoms with van der Waals surface area (Å²) in [5.74, 6) is -1.68. The summed E-state index contributed by atoms with van der Waals surface area (Å²) in [6.45, 7) is 0. The van der Waals surface area contributed by atoms with E-state index in [1.165, 1.54) is 0 Å². The number of anilines is 1. The zero-order chi connectivity index (χ0) is 14.4. The van der Waals surface area contributed by atoms with Gasteiger partial charge in [-0.15, -0.1) is 0 Å². The highest BCUT2D eigenvalue weighted by Crippen LogP contribution is 2.17. The Morgan fingerprint density at radius 1 is 1.53 bits per heavy atom. The van der Waals surface area contributed by atoms with E-state index in [1.54, 1.807) is 11.8 Å². The summed E-state index contributed by atoms with van der Waals surface area (Å²) in [5, 5.41) is 11.3. The van der Waals surface area contributed by atoms with Crippen LogP contribution in [0.5, 0.6) is 0 Å². The van der Waals surface area contributed by atoms with Crippen molar-refractivity contribution in [3.8, 4) is 0 Å². The van der Waals surface area contributed by atoms with Gasteiger partial charge in [-0.3, -0.25) is 4.79 Å². The second kappa shape index (κ2) is 7.10. The van der Waals surface area contributed by atoms with E-state index in [2.05, 4.69) is 5.32 Å². The number of nitrogens with two attached hydrogens (primary N) is 1. The van der Waals surface area contributed by atoms with Crippen molar-refractivity contribution in [2.45, 2.75) is 12.5 Å². The summed E-state index contributed by atoms with van der Waals surface area (Å²) in [4.78, 5) is 22.7. The second-order valence-electron chi connectivity index (χ2n) is 3.87. The lowest BCUT2D eigenvalue weighted by atomic mass is 10.1. The van der Waals surface area contributed by atoms with Crippen molar-refractivity contribution in [1.29, 1.82) is 0 Å². The minimum absolute atomic E-state index is 0.0860. The molecule has 104 valence electrons. The molecule has 1 amide bonds. The van der Waals surface area contributed by atoms with E-state index < -0.39 is 23.7 Å². The topological polar surface area (TPSA) is 92.4 Å². The number of halogens is 1. The number of hydrogen-bond acceptors (Lipinski definition) is 4. The van der Waals surface area contributed by atoms with Crippen LogP contribution in [-0.2, 0) is 4.79 Å². The Bertz CT molecular complexity index is 482. The Morgan fingerprint density at radius 3 is 2.79 bits per heavy atom. The number of carbonyl (C=O) groups is 2. The molecule has 7 heteroatoms. The molecular formula is C12H15FN2O3S. The number of carboxylic acids is 1. The summed E-state index contributed by atoms with van der Waals surface area (Å²) in [6, 6.07) is 2.33. The summed E-state index contributed by atoms with van der Waals surface area (Å²) < 4.78 is 13.1. The number of rotatable bonds is 6. The lowest BCUT2D eigenvalue weighted by Crippen LogP contribution is -2.36. The monoisotopic (exact) mass is 286 g/mol. The Labute approximate surface area is 114 Å². The molecule has 0 radical (unpaired) electrons. The number of aromatic carboxylic acids is 1. The third-order valence-corrected chi connectivity index (χ3v) is 3.08. The molecule has 0 aliphatic carbocycles. The highest BCUT2D eigenvalue weighted by molar-refractivity contribution is 7.98. The zero-order valence-corrected chi connectivity index (χ0v) is 11.2. The van der Waals surface area contributed by atoms with Gasteiger partial charge in [0.15, 0.2) is 0 Å². The van der Waals surface area contributed by atoms with Crippen LogP contribution in [0.2, 0.25) is 0 Å². The molecule has 19 heavy (non-hydrogen) atoms. The molecule has 0 saturated carbocycles. The van der Waals surface area contributed by atoms with Crippen LogP contribution in [0.15, 0.2) is 18.2 Å². The average molecular weight is 286 g/mol. The SMILES string of the molecule is CSCC[C@H](N)C(=O)Nc1cc(F)ccc1C(=O)O. The van der Waals surface area contributed by atoms with Gasteiger partial charge >= 0.3 is 5.97 Å². The molecule has 1 aromatic carbocycles. The molecule has 5 nitrogen and oxygen atoms in total. The van der Waals surface area contributed by atoms with E-state index >= 15 is 0 Å². The number of nitrogens with one attached hydrogen (secondary N) is 1. The molecule has 0 saturated heterocycles. The first-order chi connectivity index (χ1) is 8.95. The quantitative estimate of drug-likeness (QED) is 0.737. The molecule has 1 aromatic rings. The van der Waals surface area contributed by atoms with Crippen molar-refractivity contribution in [2.24, 2.45) is 5.73 Å². The number of benzene rings is 1. The van der Waals surface area contributed by atoms with E-state index in [1.807, 2.05) is 6.26 Å². The molecule has 0 unspecified atom stereocenters. The third-order valence-electron chi connectivity index (χ3n) is 2.44. The van der Waals surface area contributed by atoms with E-state index in [0.717, 1.165) is 18.2 Å². The van der Waals surface area contributed by atoms with Gasteiger partial charge < -0.3 is 16.2 Å². The van der Waals surface area contributed by atoms with Crippen LogP contribution in [0.25, 0.3) is 0 Å². The molecule has 0 heterocycles. The third kappa shape index (κ3) is 4.53. The Balaban J connectivity index is 2.83. The summed E-state index contributed by atoms with van der Waals surface area (Å²) in [6.07, 6.45) is 2.35. The van der Waals surface area contributed by atoms with Crippen LogP contribution in [0, 0.1) is 5.82 Å². The lowest BCUT2D eigenvalue weighted by Gasteiger charge is -2.13. The molecule has 0 aliphatic heterocycles. The maximum atomic E-state index is 13.1. The van der Waals surface area contributed by atoms with Gasteiger partial charge in [-0.1, -0.05) is 0 Å². The van der Waals surface area contributed by atoms with E-state index in [0.29, 0.717) is 12.2 Å². The lowest BCUT2D eigenvalue weighted by molar-refractivity contribution is -0.117. The Kier molecular flexibility index (Phi) is 5.78. The average Bonchev–Trinajstić information content (AvgIpc) is 2.35. The molecule has 0 aliphatic rings. The van der Waals surface area contributed by atoms with E-state index in [-0.39, 0.29) is 11.3 Å². The molecule has 0 spiro atoms. The zero-order valence-electron chi connectivity index (χ0n) is 10.4. The van der Waals surface area contributed by atoms with Gasteiger partial charge in [0.25, 0.3) is 0 Å². The van der Waals surface area contributed by atoms with Gasteiger partial charge in [0, 0.05) is 0 Å². The fourth-order valence-corrected chi connectivity index (χ4v) is 1.90. The predicted octanol–water partition coefficient (Wildman–Crippen LogP) is 1.54. The highest BCUT2D eigenvalue weighted by atomic mass is 32.2. The van der Waals surface area contributed by atoms with Gasteiger partial charge in [-0.05, 0) is 36.6 Å². The van der Waals surface area contributed by atoms with Crippen molar-refractivity contribution in [2.75, 3.05) is 17.3 Å². The molecule has 4 N–H and O–H groups in total. The normalized spacial score (nSPS) is 11.9. The van der Waals surface area contributed by atoms with Gasteiger partial charge in [0.2, 0.25) is 5.91 Å². The predicted molar refractivity (Wildman–Crippen MR) is 73.0 cm³/mol. The summed E-state index contributed by atoms with van der Waals surface area (Å²) in [7, 11) is 0. The maximum absolute atomic E-state index is 13.1. The smallest absolute Gasteiger partial charge is 0.337 e. The minimum atomic E-state index is -1.24. The van der Waals surface area contributed by atoms with E-state index in [9.17, 15) is 14.0 Å². The summed E-state index contributed by atoms with van der Waals surface area (Å²) in [5.41, 5.74) is 5.39. The first kappa shape index (κ1) is 15.5. The standard InChI is InChI=1S/C12H15FN2O3S/c1-19-5-4-9(14)11(16)15-10-6-7(13)2-3-8(10)12(17)18/h2-3,6,9H,4-5,14H2,1H3,(H,15,16)(H,17,18)/t9-/m0/s1. The largest absolute Gasteiger partial charge is 0.478 e. The van der Waals surface area contributed by atoms with Crippen LogP contribution in [0.3, 0.4) is 0 Å². The molecule has 1 rings (SSSR count). The highest BCUT2D eigenvalue weighted by Gasteiger charge is 2.17. The van der Waals surface area contributed by atoms with Crippen molar-refractivity contribution in [1.82, 2.24) is 0 Å². The van der Waals surface area contributed by atoms with E-state index in [4.69, 9.17) is 10.8 Å². The number of carboxylic acid groups (broad SMARTS) is 1. The minimum Gasteiger partial charge on any atom is -0.478 e. The van der Waals surface area contributed by atoms with Gasteiger partial charge in [-0.2, -0.15) is 11.8 Å². The first-order valence-electron chi connectivity index (χ1n) is 5.54. The number of hydrogen-bond donors (Lipinski definition) is 3. The fourth-order valence-electron chi connectivity index (χ4n) is 1.41. The van der Waals surface area contributed by atoms with Crippen LogP contribution < -0.4 is 11.1 Å². The Hall–Kier alpha value is -1.60. The van der Waals surface area contributed by atoms with Gasteiger partial charge in [0.05, 0.1) is 17.3 Å². The van der Waals surface area contributed by atoms with Crippen molar-refractivity contribution < 1.29 is 19.1 Å². The summed E-state index contributed by atoms with van der Waals surface area (Å²) >= 11 is 1.55.